The van der Waals surface area contributed by atoms with E-state index in [2.05, 4.69) is 6.92 Å². The van der Waals surface area contributed by atoms with Crippen molar-refractivity contribution < 1.29 is 5.11 Å². The number of allylic oxidation sites excluding steroid dienone is 1. The summed E-state index contributed by atoms with van der Waals surface area (Å²) in [5.74, 6) is 0. The molecule has 0 heterocycles. The smallest absolute Gasteiger partial charge is 0.0751 e. The lowest BCUT2D eigenvalue weighted by Crippen LogP contribution is -1.83. The van der Waals surface area contributed by atoms with Crippen molar-refractivity contribution in [3.63, 3.8) is 0 Å². The van der Waals surface area contributed by atoms with Crippen LogP contribution in [0.3, 0.4) is 0 Å². The van der Waals surface area contributed by atoms with Gasteiger partial charge in [-0.15, -0.1) is 0 Å². The van der Waals surface area contributed by atoms with Crippen LogP contribution in [0.1, 0.15) is 122 Å². The topological polar surface area (TPSA) is 20.2 Å². The summed E-state index contributed by atoms with van der Waals surface area (Å²) in [6.45, 7) is 2.29. The SMILES string of the molecule is CCCCCCCCCCCCCCCCCCC/C=C\O. The molecule has 1 N–H and O–H groups in total. The zero-order chi connectivity index (χ0) is 16.1. The second-order valence-corrected chi connectivity index (χ2v) is 6.83. The van der Waals surface area contributed by atoms with E-state index in [4.69, 9.17) is 5.11 Å². The molecule has 0 aliphatic carbocycles. The van der Waals surface area contributed by atoms with Gasteiger partial charge in [-0.25, -0.2) is 0 Å². The van der Waals surface area contributed by atoms with Gasteiger partial charge in [-0.3, -0.25) is 0 Å². The molecular weight excluding hydrogens is 268 g/mol. The second-order valence-electron chi connectivity index (χ2n) is 6.83. The molecule has 0 radical (unpaired) electrons. The van der Waals surface area contributed by atoms with Gasteiger partial charge < -0.3 is 5.11 Å². The van der Waals surface area contributed by atoms with Crippen molar-refractivity contribution in [1.29, 1.82) is 0 Å². The molecule has 1 nitrogen and oxygen atoms in total. The fourth-order valence-corrected chi connectivity index (χ4v) is 3.06. The molecule has 0 aromatic rings. The number of aliphatic hydroxyl groups is 1. The maximum Gasteiger partial charge on any atom is 0.0751 e. The summed E-state index contributed by atoms with van der Waals surface area (Å²) in [6.07, 6.45) is 28.2. The van der Waals surface area contributed by atoms with Crippen LogP contribution in [-0.4, -0.2) is 5.11 Å². The molecule has 0 saturated carbocycles. The Morgan fingerprint density at radius 2 is 0.818 bits per heavy atom. The van der Waals surface area contributed by atoms with Gasteiger partial charge in [-0.2, -0.15) is 0 Å². The molecule has 0 aliphatic rings. The number of hydrogen-bond acceptors (Lipinski definition) is 1. The Hall–Kier alpha value is -0.460. The van der Waals surface area contributed by atoms with Crippen LogP contribution in [0.15, 0.2) is 12.3 Å². The van der Waals surface area contributed by atoms with E-state index in [1.54, 1.807) is 0 Å². The van der Waals surface area contributed by atoms with Crippen molar-refractivity contribution in [1.82, 2.24) is 0 Å². The Morgan fingerprint density at radius 3 is 1.14 bits per heavy atom. The van der Waals surface area contributed by atoms with Crippen molar-refractivity contribution in [2.75, 3.05) is 0 Å². The molecule has 0 saturated heterocycles. The minimum Gasteiger partial charge on any atom is -0.516 e. The van der Waals surface area contributed by atoms with Crippen LogP contribution in [0.2, 0.25) is 0 Å². The van der Waals surface area contributed by atoms with E-state index in [0.717, 1.165) is 6.42 Å². The third-order valence-corrected chi connectivity index (χ3v) is 4.58. The highest BCUT2D eigenvalue weighted by Gasteiger charge is 1.94. The lowest BCUT2D eigenvalue weighted by Gasteiger charge is -2.03. The van der Waals surface area contributed by atoms with Gasteiger partial charge in [0.05, 0.1) is 6.26 Å². The van der Waals surface area contributed by atoms with Crippen molar-refractivity contribution in [2.45, 2.75) is 122 Å². The summed E-state index contributed by atoms with van der Waals surface area (Å²) in [5.41, 5.74) is 0. The van der Waals surface area contributed by atoms with Crippen LogP contribution in [0.5, 0.6) is 0 Å². The fourth-order valence-electron chi connectivity index (χ4n) is 3.06. The average molecular weight is 311 g/mol. The molecule has 0 spiro atoms. The normalized spacial score (nSPS) is 11.5. The average Bonchev–Trinajstić information content (AvgIpc) is 2.54. The summed E-state index contributed by atoms with van der Waals surface area (Å²) in [6, 6.07) is 0. The third-order valence-electron chi connectivity index (χ3n) is 4.58. The highest BCUT2D eigenvalue weighted by molar-refractivity contribution is 4.70. The number of hydrogen-bond donors (Lipinski definition) is 1. The van der Waals surface area contributed by atoms with Gasteiger partial charge in [0.2, 0.25) is 0 Å². The highest BCUT2D eigenvalue weighted by Crippen LogP contribution is 2.14. The second kappa shape index (κ2) is 20.5. The van der Waals surface area contributed by atoms with Crippen LogP contribution >= 0.6 is 0 Å². The zero-order valence-electron chi connectivity index (χ0n) is 15.3. The Bertz CT molecular complexity index is 210. The molecule has 0 rings (SSSR count). The van der Waals surface area contributed by atoms with Crippen molar-refractivity contribution in [3.05, 3.63) is 12.3 Å². The molecule has 0 aliphatic heterocycles. The zero-order valence-corrected chi connectivity index (χ0v) is 15.3. The largest absolute Gasteiger partial charge is 0.516 e. The van der Waals surface area contributed by atoms with E-state index in [9.17, 15) is 0 Å². The van der Waals surface area contributed by atoms with E-state index in [0.29, 0.717) is 0 Å². The lowest BCUT2D eigenvalue weighted by molar-refractivity contribution is 0.469. The van der Waals surface area contributed by atoms with E-state index < -0.39 is 0 Å². The molecular formula is C21H42O. The first kappa shape index (κ1) is 21.5. The van der Waals surface area contributed by atoms with Crippen molar-refractivity contribution >= 4 is 0 Å². The molecule has 0 aromatic heterocycles. The Balaban J connectivity index is 2.94. The van der Waals surface area contributed by atoms with Crippen LogP contribution in [0.4, 0.5) is 0 Å². The van der Waals surface area contributed by atoms with Crippen molar-refractivity contribution in [2.24, 2.45) is 0 Å². The summed E-state index contributed by atoms with van der Waals surface area (Å²) in [5, 5.41) is 8.52. The first-order valence-electron chi connectivity index (χ1n) is 10.2. The fraction of sp³-hybridized carbons (Fsp3) is 0.905. The molecule has 0 amide bonds. The van der Waals surface area contributed by atoms with Gasteiger partial charge in [-0.1, -0.05) is 116 Å². The lowest BCUT2D eigenvalue weighted by atomic mass is 10.0. The summed E-state index contributed by atoms with van der Waals surface area (Å²) in [7, 11) is 0. The monoisotopic (exact) mass is 310 g/mol. The number of unbranched alkanes of at least 4 members (excludes halogenated alkanes) is 17. The maximum absolute atomic E-state index is 8.52. The van der Waals surface area contributed by atoms with Crippen molar-refractivity contribution in [3.8, 4) is 0 Å². The molecule has 0 atom stereocenters. The minimum atomic E-state index is 1.04. The molecule has 0 fully saturated rings. The van der Waals surface area contributed by atoms with Gasteiger partial charge in [0, 0.05) is 0 Å². The van der Waals surface area contributed by atoms with E-state index in [-0.39, 0.29) is 0 Å². The summed E-state index contributed by atoms with van der Waals surface area (Å²) < 4.78 is 0. The van der Waals surface area contributed by atoms with E-state index >= 15 is 0 Å². The molecule has 0 unspecified atom stereocenters. The van der Waals surface area contributed by atoms with Crippen LogP contribution in [0, 0.1) is 0 Å². The van der Waals surface area contributed by atoms with Gasteiger partial charge in [-0.05, 0) is 12.8 Å². The third kappa shape index (κ3) is 19.5. The van der Waals surface area contributed by atoms with Gasteiger partial charge >= 0.3 is 0 Å². The minimum absolute atomic E-state index is 1.04. The highest BCUT2D eigenvalue weighted by atomic mass is 16.2. The van der Waals surface area contributed by atoms with Gasteiger partial charge in [0.25, 0.3) is 0 Å². The molecule has 132 valence electrons. The molecule has 0 aromatic carbocycles. The first-order chi connectivity index (χ1) is 10.9. The quantitative estimate of drug-likeness (QED) is 0.200. The first-order valence-corrected chi connectivity index (χ1v) is 10.2. The standard InChI is InChI=1S/C21H42O/c1-2-3-4-5-6-7-8-9-10-11-12-13-14-15-16-17-18-19-20-21-22/h20-22H,2-19H2,1H3/b21-20-. The predicted molar refractivity (Wildman–Crippen MR) is 101 cm³/mol. The van der Waals surface area contributed by atoms with Crippen LogP contribution in [-0.2, 0) is 0 Å². The van der Waals surface area contributed by atoms with Gasteiger partial charge in [0.1, 0.15) is 0 Å². The Kier molecular flexibility index (Phi) is 20.1. The summed E-state index contributed by atoms with van der Waals surface area (Å²) in [4.78, 5) is 0. The maximum atomic E-state index is 8.52. The molecule has 22 heavy (non-hydrogen) atoms. The Morgan fingerprint density at radius 1 is 0.500 bits per heavy atom. The van der Waals surface area contributed by atoms with Crippen LogP contribution < -0.4 is 0 Å². The number of aliphatic hydroxyl groups excluding tert-OH is 1. The summed E-state index contributed by atoms with van der Waals surface area (Å²) >= 11 is 0. The molecule has 1 heteroatoms. The Labute approximate surface area is 140 Å². The number of rotatable bonds is 18. The van der Waals surface area contributed by atoms with E-state index in [1.807, 2.05) is 6.08 Å². The van der Waals surface area contributed by atoms with Gasteiger partial charge in [0.15, 0.2) is 0 Å². The van der Waals surface area contributed by atoms with E-state index in [1.165, 1.54) is 115 Å². The predicted octanol–water partition coefficient (Wildman–Crippen LogP) is 8.10. The van der Waals surface area contributed by atoms with Crippen LogP contribution in [0.25, 0.3) is 0 Å². The molecule has 0 bridgehead atoms.